The fourth-order valence-electron chi connectivity index (χ4n) is 1.72. The third kappa shape index (κ3) is 4.33. The smallest absolute Gasteiger partial charge is 0.253 e. The molecular weight excluding hydrogens is 298 g/mol. The number of phenolic OH excluding ortho intramolecular Hbond substituents is 1. The second-order valence-electron chi connectivity index (χ2n) is 4.62. The first kappa shape index (κ1) is 16.0. The third-order valence-corrected chi connectivity index (χ3v) is 3.98. The Morgan fingerprint density at radius 2 is 2.00 bits per heavy atom. The molecule has 1 heterocycles. The number of aromatic nitrogens is 1. The lowest BCUT2D eigenvalue weighted by Gasteiger charge is -2.09. The number of hydrogen-bond donors (Lipinski definition) is 2. The molecule has 1 atom stereocenters. The van der Waals surface area contributed by atoms with Crippen LogP contribution >= 0.6 is 11.8 Å². The molecule has 0 saturated carbocycles. The molecule has 0 unspecified atom stereocenters. The van der Waals surface area contributed by atoms with Crippen LogP contribution in [0.5, 0.6) is 5.75 Å². The summed E-state index contributed by atoms with van der Waals surface area (Å²) in [5.41, 5.74) is 3.65. The van der Waals surface area contributed by atoms with Crippen molar-refractivity contribution < 1.29 is 9.90 Å². The van der Waals surface area contributed by atoms with Gasteiger partial charge >= 0.3 is 0 Å². The van der Waals surface area contributed by atoms with Crippen LogP contribution < -0.4 is 5.43 Å². The number of para-hydroxylation sites is 1. The minimum Gasteiger partial charge on any atom is -0.507 e. The maximum absolute atomic E-state index is 12.0. The van der Waals surface area contributed by atoms with Crippen LogP contribution in [0.25, 0.3) is 0 Å². The fraction of sp³-hybridized carbons (Fsp3) is 0.188. The molecule has 5 nitrogen and oxygen atoms in total. The molecule has 0 radical (unpaired) electrons. The van der Waals surface area contributed by atoms with Crippen LogP contribution in [0.2, 0.25) is 0 Å². The number of benzene rings is 1. The van der Waals surface area contributed by atoms with E-state index in [1.807, 2.05) is 18.2 Å². The molecule has 2 aromatic rings. The molecule has 0 aliphatic heterocycles. The highest BCUT2D eigenvalue weighted by Gasteiger charge is 2.14. The molecule has 114 valence electrons. The summed E-state index contributed by atoms with van der Waals surface area (Å²) < 4.78 is 0. The molecule has 6 heteroatoms. The molecule has 0 aliphatic carbocycles. The topological polar surface area (TPSA) is 74.6 Å². The summed E-state index contributed by atoms with van der Waals surface area (Å²) in [7, 11) is 0. The van der Waals surface area contributed by atoms with Gasteiger partial charge in [-0.15, -0.1) is 0 Å². The highest BCUT2D eigenvalue weighted by Crippen LogP contribution is 2.20. The number of thioether (sulfide) groups is 1. The number of rotatable bonds is 5. The van der Waals surface area contributed by atoms with Crippen molar-refractivity contribution in [2.24, 2.45) is 5.10 Å². The summed E-state index contributed by atoms with van der Waals surface area (Å²) in [6, 6.07) is 12.4. The number of nitrogens with one attached hydrogen (secondary N) is 1. The average molecular weight is 315 g/mol. The zero-order valence-corrected chi connectivity index (χ0v) is 13.2. The van der Waals surface area contributed by atoms with Crippen molar-refractivity contribution >= 4 is 23.4 Å². The average Bonchev–Trinajstić information content (AvgIpc) is 2.53. The number of aromatic hydroxyl groups is 1. The number of phenols is 1. The van der Waals surface area contributed by atoms with Crippen LogP contribution in [0.1, 0.15) is 19.4 Å². The molecular formula is C16H17N3O2S. The van der Waals surface area contributed by atoms with E-state index < -0.39 is 0 Å². The van der Waals surface area contributed by atoms with Gasteiger partial charge in [0.05, 0.1) is 16.0 Å². The van der Waals surface area contributed by atoms with Gasteiger partial charge in [0.15, 0.2) is 0 Å². The molecule has 1 aromatic heterocycles. The molecule has 0 saturated heterocycles. The van der Waals surface area contributed by atoms with Crippen LogP contribution in [0.4, 0.5) is 0 Å². The van der Waals surface area contributed by atoms with E-state index in [4.69, 9.17) is 0 Å². The summed E-state index contributed by atoms with van der Waals surface area (Å²) in [6.07, 6.45) is 1.69. The summed E-state index contributed by atoms with van der Waals surface area (Å²) >= 11 is 1.36. The lowest BCUT2D eigenvalue weighted by atomic mass is 10.1. The number of hydrogen-bond acceptors (Lipinski definition) is 5. The van der Waals surface area contributed by atoms with E-state index in [1.54, 1.807) is 44.3 Å². The molecule has 0 aliphatic rings. The van der Waals surface area contributed by atoms with E-state index >= 15 is 0 Å². The van der Waals surface area contributed by atoms with Crippen LogP contribution in [-0.4, -0.2) is 27.0 Å². The minimum absolute atomic E-state index is 0.133. The molecule has 0 spiro atoms. The van der Waals surface area contributed by atoms with Crippen molar-refractivity contribution in [3.8, 4) is 5.75 Å². The number of carbonyl (C=O) groups is 1. The number of carbonyl (C=O) groups excluding carboxylic acids is 1. The van der Waals surface area contributed by atoms with Gasteiger partial charge in [-0.25, -0.2) is 10.4 Å². The van der Waals surface area contributed by atoms with E-state index in [9.17, 15) is 9.90 Å². The van der Waals surface area contributed by atoms with E-state index in [0.717, 1.165) is 5.03 Å². The number of amides is 1. The van der Waals surface area contributed by atoms with Gasteiger partial charge in [0.1, 0.15) is 5.75 Å². The molecule has 0 fully saturated rings. The molecule has 2 N–H and O–H groups in total. The largest absolute Gasteiger partial charge is 0.507 e. The van der Waals surface area contributed by atoms with Crippen molar-refractivity contribution in [1.82, 2.24) is 10.4 Å². The quantitative estimate of drug-likeness (QED) is 0.505. The third-order valence-electron chi connectivity index (χ3n) is 2.93. The van der Waals surface area contributed by atoms with Crippen molar-refractivity contribution in [2.45, 2.75) is 24.1 Å². The molecule has 22 heavy (non-hydrogen) atoms. The predicted octanol–water partition coefficient (Wildman–Crippen LogP) is 2.81. The van der Waals surface area contributed by atoms with Gasteiger partial charge in [-0.1, -0.05) is 30.0 Å². The van der Waals surface area contributed by atoms with E-state index in [0.29, 0.717) is 11.3 Å². The highest BCUT2D eigenvalue weighted by atomic mass is 32.2. The second-order valence-corrected chi connectivity index (χ2v) is 5.98. The Hall–Kier alpha value is -2.34. The lowest BCUT2D eigenvalue weighted by molar-refractivity contribution is -0.120. The van der Waals surface area contributed by atoms with Gasteiger partial charge in [0.25, 0.3) is 5.91 Å². The Balaban J connectivity index is 1.97. The molecule has 2 rings (SSSR count). The summed E-state index contributed by atoms with van der Waals surface area (Å²) in [4.78, 5) is 16.2. The van der Waals surface area contributed by atoms with Gasteiger partial charge in [0, 0.05) is 11.8 Å². The maximum Gasteiger partial charge on any atom is 0.253 e. The Labute approximate surface area is 133 Å². The predicted molar refractivity (Wildman–Crippen MR) is 88.0 cm³/mol. The van der Waals surface area contributed by atoms with Crippen molar-refractivity contribution in [1.29, 1.82) is 0 Å². The lowest BCUT2D eigenvalue weighted by Crippen LogP contribution is -2.27. The Kier molecular flexibility index (Phi) is 5.55. The summed E-state index contributed by atoms with van der Waals surface area (Å²) in [6.45, 7) is 3.52. The van der Waals surface area contributed by atoms with Gasteiger partial charge < -0.3 is 5.11 Å². The van der Waals surface area contributed by atoms with Crippen molar-refractivity contribution in [2.75, 3.05) is 0 Å². The summed E-state index contributed by atoms with van der Waals surface area (Å²) in [5, 5.41) is 14.2. The molecule has 1 amide bonds. The van der Waals surface area contributed by atoms with Crippen LogP contribution in [0, 0.1) is 0 Å². The second kappa shape index (κ2) is 7.61. The monoisotopic (exact) mass is 315 g/mol. The standard InChI is InChI=1S/C16H17N3O2S/c1-11(13-7-3-4-8-14(13)20)18-19-16(21)12(2)22-15-9-5-6-10-17-15/h3-10,12,20H,1-2H3,(H,19,21)/b18-11-/t12-/m1/s1. The SMILES string of the molecule is C/C(=N/NC(=O)[C@@H](C)Sc1ccccn1)c1ccccc1O. The Bertz CT molecular complexity index is 674. The van der Waals surface area contributed by atoms with Crippen LogP contribution in [0.15, 0.2) is 58.8 Å². The Morgan fingerprint density at radius 1 is 1.27 bits per heavy atom. The zero-order chi connectivity index (χ0) is 15.9. The normalized spacial score (nSPS) is 12.7. The van der Waals surface area contributed by atoms with Gasteiger partial charge in [-0.2, -0.15) is 5.10 Å². The highest BCUT2D eigenvalue weighted by molar-refractivity contribution is 8.00. The van der Waals surface area contributed by atoms with Gasteiger partial charge in [-0.05, 0) is 38.1 Å². The first-order valence-corrected chi connectivity index (χ1v) is 7.66. The zero-order valence-electron chi connectivity index (χ0n) is 12.4. The molecule has 0 bridgehead atoms. The van der Waals surface area contributed by atoms with E-state index in [1.165, 1.54) is 11.8 Å². The Morgan fingerprint density at radius 3 is 2.68 bits per heavy atom. The van der Waals surface area contributed by atoms with Crippen LogP contribution in [0.3, 0.4) is 0 Å². The summed E-state index contributed by atoms with van der Waals surface area (Å²) in [5.74, 6) is -0.0840. The van der Waals surface area contributed by atoms with Gasteiger partial charge in [-0.3, -0.25) is 4.79 Å². The maximum atomic E-state index is 12.0. The van der Waals surface area contributed by atoms with Crippen molar-refractivity contribution in [3.63, 3.8) is 0 Å². The van der Waals surface area contributed by atoms with Crippen molar-refractivity contribution in [3.05, 3.63) is 54.2 Å². The van der Waals surface area contributed by atoms with E-state index in [-0.39, 0.29) is 16.9 Å². The fourth-order valence-corrected chi connectivity index (χ4v) is 2.52. The minimum atomic E-state index is -0.323. The van der Waals surface area contributed by atoms with Crippen LogP contribution in [-0.2, 0) is 4.79 Å². The first-order chi connectivity index (χ1) is 10.6. The first-order valence-electron chi connectivity index (χ1n) is 6.78. The number of hydrazone groups is 1. The number of nitrogens with zero attached hydrogens (tertiary/aromatic N) is 2. The number of pyridine rings is 1. The van der Waals surface area contributed by atoms with E-state index in [2.05, 4.69) is 15.5 Å². The molecule has 1 aromatic carbocycles. The van der Waals surface area contributed by atoms with Gasteiger partial charge in [0.2, 0.25) is 0 Å².